The van der Waals surface area contributed by atoms with Gasteiger partial charge in [0, 0.05) is 5.56 Å². The quantitative estimate of drug-likeness (QED) is 0.592. The SMILES string of the molecule is O=C1c2ccc(C(F)(F)F)cc2C(O)C12OC2C(F)(F)F. The summed E-state index contributed by atoms with van der Waals surface area (Å²) in [4.78, 5) is 11.9. The third-order valence-corrected chi connectivity index (χ3v) is 3.62. The van der Waals surface area contributed by atoms with Crippen molar-refractivity contribution in [2.45, 2.75) is 30.2 Å². The average Bonchev–Trinajstić information content (AvgIpc) is 3.08. The number of epoxide rings is 1. The number of hydrogen-bond donors (Lipinski definition) is 1. The molecule has 3 nitrogen and oxygen atoms in total. The Kier molecular flexibility index (Phi) is 2.58. The van der Waals surface area contributed by atoms with E-state index in [1.54, 1.807) is 0 Å². The van der Waals surface area contributed by atoms with E-state index < -0.39 is 47.1 Å². The molecule has 3 atom stereocenters. The zero-order chi connectivity index (χ0) is 15.8. The Morgan fingerprint density at radius 2 is 1.76 bits per heavy atom. The number of ether oxygens (including phenoxy) is 1. The molecule has 0 radical (unpaired) electrons. The third kappa shape index (κ3) is 1.80. The number of halogens is 6. The second-order valence-corrected chi connectivity index (χ2v) is 4.86. The van der Waals surface area contributed by atoms with Crippen molar-refractivity contribution in [3.8, 4) is 0 Å². The molecular formula is C12H6F6O3. The maximum Gasteiger partial charge on any atom is 0.418 e. The molecule has 3 rings (SSSR count). The molecule has 1 saturated heterocycles. The predicted octanol–water partition coefficient (Wildman–Crippen LogP) is 2.63. The number of benzene rings is 1. The smallest absolute Gasteiger partial charge is 0.385 e. The minimum atomic E-state index is -4.88. The Hall–Kier alpha value is -1.61. The van der Waals surface area contributed by atoms with Crippen LogP contribution in [0.2, 0.25) is 0 Å². The highest BCUT2D eigenvalue weighted by Crippen LogP contribution is 2.59. The van der Waals surface area contributed by atoms with Crippen molar-refractivity contribution in [2.24, 2.45) is 0 Å². The van der Waals surface area contributed by atoms with Crippen LogP contribution in [0.5, 0.6) is 0 Å². The van der Waals surface area contributed by atoms with Gasteiger partial charge in [-0.05, 0) is 17.7 Å². The molecule has 1 spiro atoms. The molecule has 9 heteroatoms. The lowest BCUT2D eigenvalue weighted by Gasteiger charge is -2.12. The van der Waals surface area contributed by atoms with Gasteiger partial charge in [-0.1, -0.05) is 6.07 Å². The molecule has 0 bridgehead atoms. The van der Waals surface area contributed by atoms with E-state index in [1.807, 2.05) is 0 Å². The van der Waals surface area contributed by atoms with Crippen LogP contribution in [0, 0.1) is 0 Å². The molecule has 1 aliphatic heterocycles. The largest absolute Gasteiger partial charge is 0.418 e. The first kappa shape index (κ1) is 14.3. The highest BCUT2D eigenvalue weighted by Gasteiger charge is 2.79. The number of carbonyl (C=O) groups excluding carboxylic acids is 1. The summed E-state index contributed by atoms with van der Waals surface area (Å²) in [6.07, 6.45) is -14.2. The monoisotopic (exact) mass is 312 g/mol. The topological polar surface area (TPSA) is 49.8 Å². The van der Waals surface area contributed by atoms with Gasteiger partial charge in [0.15, 0.2) is 11.7 Å². The molecule has 1 aromatic rings. The number of aliphatic hydroxyl groups excluding tert-OH is 1. The highest BCUT2D eigenvalue weighted by molar-refractivity contribution is 6.10. The lowest BCUT2D eigenvalue weighted by molar-refractivity contribution is -0.147. The first-order valence-electron chi connectivity index (χ1n) is 5.68. The van der Waals surface area contributed by atoms with Crippen LogP contribution >= 0.6 is 0 Å². The summed E-state index contributed by atoms with van der Waals surface area (Å²) in [6, 6.07) is 1.81. The first-order chi connectivity index (χ1) is 9.49. The van der Waals surface area contributed by atoms with E-state index in [0.29, 0.717) is 12.1 Å². The van der Waals surface area contributed by atoms with Crippen molar-refractivity contribution in [2.75, 3.05) is 0 Å². The molecule has 1 heterocycles. The van der Waals surface area contributed by atoms with E-state index in [-0.39, 0.29) is 5.56 Å². The summed E-state index contributed by atoms with van der Waals surface area (Å²) in [7, 11) is 0. The lowest BCUT2D eigenvalue weighted by atomic mass is 9.97. The molecule has 1 N–H and O–H groups in total. The fourth-order valence-electron chi connectivity index (χ4n) is 2.59. The predicted molar refractivity (Wildman–Crippen MR) is 54.4 cm³/mol. The van der Waals surface area contributed by atoms with Gasteiger partial charge in [0.1, 0.15) is 6.10 Å². The maximum atomic E-state index is 12.6. The third-order valence-electron chi connectivity index (χ3n) is 3.62. The fraction of sp³-hybridized carbons (Fsp3) is 0.417. The van der Waals surface area contributed by atoms with Crippen molar-refractivity contribution in [3.05, 3.63) is 34.9 Å². The van der Waals surface area contributed by atoms with Gasteiger partial charge in [0.05, 0.1) is 5.56 Å². The molecule has 1 aromatic carbocycles. The Balaban J connectivity index is 2.05. The van der Waals surface area contributed by atoms with Crippen LogP contribution in [-0.4, -0.2) is 28.8 Å². The minimum Gasteiger partial charge on any atom is -0.385 e. The number of fused-ring (bicyclic) bond motifs is 1. The molecule has 1 fully saturated rings. The molecule has 0 amide bonds. The van der Waals surface area contributed by atoms with E-state index in [4.69, 9.17) is 0 Å². The van der Waals surface area contributed by atoms with Crippen molar-refractivity contribution in [1.29, 1.82) is 0 Å². The average molecular weight is 312 g/mol. The van der Waals surface area contributed by atoms with E-state index in [9.17, 15) is 36.2 Å². The normalized spacial score (nSPS) is 31.7. The fourth-order valence-corrected chi connectivity index (χ4v) is 2.59. The van der Waals surface area contributed by atoms with Gasteiger partial charge >= 0.3 is 12.4 Å². The van der Waals surface area contributed by atoms with Crippen LogP contribution in [0.4, 0.5) is 26.3 Å². The summed E-state index contributed by atoms with van der Waals surface area (Å²) in [5.41, 5.74) is -4.58. The van der Waals surface area contributed by atoms with Gasteiger partial charge in [-0.3, -0.25) is 4.79 Å². The van der Waals surface area contributed by atoms with E-state index >= 15 is 0 Å². The van der Waals surface area contributed by atoms with Gasteiger partial charge in [0.25, 0.3) is 0 Å². The molecule has 0 saturated carbocycles. The van der Waals surface area contributed by atoms with Crippen LogP contribution in [-0.2, 0) is 10.9 Å². The van der Waals surface area contributed by atoms with E-state index in [0.717, 1.165) is 6.07 Å². The maximum absolute atomic E-state index is 12.6. The molecule has 0 aromatic heterocycles. The number of carbonyl (C=O) groups is 1. The molecule has 1 aliphatic carbocycles. The number of Topliss-reactive ketones (excluding diaryl/α,β-unsaturated/α-hetero) is 1. The highest BCUT2D eigenvalue weighted by atomic mass is 19.4. The Bertz CT molecular complexity index is 635. The van der Waals surface area contributed by atoms with Crippen molar-refractivity contribution in [3.63, 3.8) is 0 Å². The number of ketones is 1. The van der Waals surface area contributed by atoms with Crippen LogP contribution < -0.4 is 0 Å². The Morgan fingerprint density at radius 3 is 2.24 bits per heavy atom. The Labute approximate surface area is 113 Å². The van der Waals surface area contributed by atoms with Crippen molar-refractivity contribution >= 4 is 5.78 Å². The number of rotatable bonds is 0. The van der Waals surface area contributed by atoms with E-state index in [1.165, 1.54) is 0 Å². The second kappa shape index (κ2) is 3.77. The summed E-state index contributed by atoms with van der Waals surface area (Å²) in [6.45, 7) is 0. The number of hydrogen-bond acceptors (Lipinski definition) is 3. The minimum absolute atomic E-state index is 0.387. The molecule has 21 heavy (non-hydrogen) atoms. The summed E-state index contributed by atoms with van der Waals surface area (Å²) >= 11 is 0. The summed E-state index contributed by atoms with van der Waals surface area (Å²) in [5.74, 6) is -1.15. The van der Waals surface area contributed by atoms with E-state index in [2.05, 4.69) is 4.74 Å². The summed E-state index contributed by atoms with van der Waals surface area (Å²) < 4.78 is 79.9. The Morgan fingerprint density at radius 1 is 1.14 bits per heavy atom. The molecule has 114 valence electrons. The van der Waals surface area contributed by atoms with Crippen molar-refractivity contribution in [1.82, 2.24) is 0 Å². The standard InChI is InChI=1S/C12H6F6O3/c13-11(14,15)4-1-2-5-6(3-4)8(20)10(7(5)19)9(21-10)12(16,17)18/h1-3,8-9,20H. The first-order valence-corrected chi connectivity index (χ1v) is 5.68. The van der Waals surface area contributed by atoms with Crippen LogP contribution in [0.3, 0.4) is 0 Å². The van der Waals surface area contributed by atoms with Crippen LogP contribution in [0.1, 0.15) is 27.6 Å². The zero-order valence-electron chi connectivity index (χ0n) is 9.92. The van der Waals surface area contributed by atoms with Gasteiger partial charge < -0.3 is 9.84 Å². The van der Waals surface area contributed by atoms with Gasteiger partial charge in [-0.15, -0.1) is 0 Å². The second-order valence-electron chi connectivity index (χ2n) is 4.86. The number of aliphatic hydroxyl groups is 1. The molecule has 2 aliphatic rings. The van der Waals surface area contributed by atoms with Gasteiger partial charge in [-0.2, -0.15) is 26.3 Å². The summed E-state index contributed by atoms with van der Waals surface area (Å²) in [5, 5.41) is 9.85. The van der Waals surface area contributed by atoms with Gasteiger partial charge in [0.2, 0.25) is 5.78 Å². The van der Waals surface area contributed by atoms with Crippen LogP contribution in [0.25, 0.3) is 0 Å². The zero-order valence-corrected chi connectivity index (χ0v) is 9.92. The number of alkyl halides is 6. The molecule has 3 unspecified atom stereocenters. The van der Waals surface area contributed by atoms with Crippen LogP contribution in [0.15, 0.2) is 18.2 Å². The lowest BCUT2D eigenvalue weighted by Crippen LogP contribution is -2.34. The van der Waals surface area contributed by atoms with Crippen molar-refractivity contribution < 1.29 is 41.0 Å². The van der Waals surface area contributed by atoms with Gasteiger partial charge in [-0.25, -0.2) is 0 Å². The molecular weight excluding hydrogens is 306 g/mol.